The summed E-state index contributed by atoms with van der Waals surface area (Å²) >= 11 is 1.26. The second-order valence-electron chi connectivity index (χ2n) is 7.64. The number of sulfonamides is 1. The standard InChI is InChI=1S/C24H22N4O4S2/c1-15(28-34(31,32)21-11-9-20(10-12-21)25-16(2)29)23(30)27-24-26-22(14-33-24)19-8-7-17-5-3-4-6-18(17)13-19/h3-15,28H,1-2H3,(H,25,29)(H,26,27,30)/t15-/m0/s1. The molecule has 0 spiro atoms. The second-order valence-corrected chi connectivity index (χ2v) is 10.2. The fourth-order valence-corrected chi connectivity index (χ4v) is 5.23. The molecular formula is C24H22N4O4S2. The van der Waals surface area contributed by atoms with E-state index >= 15 is 0 Å². The zero-order chi connectivity index (χ0) is 24.3. The lowest BCUT2D eigenvalue weighted by Gasteiger charge is -2.14. The number of rotatable bonds is 7. The average Bonchev–Trinajstić information content (AvgIpc) is 3.27. The molecule has 3 aromatic carbocycles. The SMILES string of the molecule is CC(=O)Nc1ccc(S(=O)(=O)N[C@@H](C)C(=O)Nc2nc(-c3ccc4ccccc4c3)cs2)cc1. The van der Waals surface area contributed by atoms with Crippen molar-refractivity contribution in [1.82, 2.24) is 9.71 Å². The highest BCUT2D eigenvalue weighted by Crippen LogP contribution is 2.28. The van der Waals surface area contributed by atoms with Crippen molar-refractivity contribution in [3.05, 3.63) is 72.1 Å². The van der Waals surface area contributed by atoms with Crippen LogP contribution in [0.25, 0.3) is 22.0 Å². The highest BCUT2D eigenvalue weighted by Gasteiger charge is 2.23. The highest BCUT2D eigenvalue weighted by atomic mass is 32.2. The fourth-order valence-electron chi connectivity index (χ4n) is 3.30. The van der Waals surface area contributed by atoms with Crippen molar-refractivity contribution in [2.24, 2.45) is 0 Å². The van der Waals surface area contributed by atoms with Crippen LogP contribution in [0, 0.1) is 0 Å². The van der Waals surface area contributed by atoms with Crippen molar-refractivity contribution >= 4 is 54.8 Å². The Morgan fingerprint density at radius 3 is 2.35 bits per heavy atom. The maximum absolute atomic E-state index is 12.6. The molecule has 0 saturated heterocycles. The number of benzene rings is 3. The van der Waals surface area contributed by atoms with Gasteiger partial charge in [-0.3, -0.25) is 9.59 Å². The fraction of sp³-hybridized carbons (Fsp3) is 0.125. The summed E-state index contributed by atoms with van der Waals surface area (Å²) in [5.41, 5.74) is 2.12. The van der Waals surface area contributed by atoms with Crippen LogP contribution in [-0.4, -0.2) is 31.3 Å². The number of fused-ring (bicyclic) bond motifs is 1. The summed E-state index contributed by atoms with van der Waals surface area (Å²) in [6.07, 6.45) is 0. The van der Waals surface area contributed by atoms with Crippen LogP contribution >= 0.6 is 11.3 Å². The molecule has 1 aromatic heterocycles. The molecule has 0 aliphatic carbocycles. The average molecular weight is 495 g/mol. The van der Waals surface area contributed by atoms with Gasteiger partial charge in [0.2, 0.25) is 21.8 Å². The molecule has 34 heavy (non-hydrogen) atoms. The zero-order valence-electron chi connectivity index (χ0n) is 18.4. The van der Waals surface area contributed by atoms with Crippen LogP contribution in [0.4, 0.5) is 10.8 Å². The van der Waals surface area contributed by atoms with Crippen molar-refractivity contribution in [3.63, 3.8) is 0 Å². The molecule has 1 heterocycles. The molecule has 10 heteroatoms. The molecule has 2 amide bonds. The van der Waals surface area contributed by atoms with E-state index in [0.29, 0.717) is 10.8 Å². The first-order valence-corrected chi connectivity index (χ1v) is 12.7. The molecule has 0 unspecified atom stereocenters. The predicted octanol–water partition coefficient (Wildman–Crippen LogP) is 4.23. The summed E-state index contributed by atoms with van der Waals surface area (Å²) in [5, 5.41) is 9.66. The van der Waals surface area contributed by atoms with E-state index in [9.17, 15) is 18.0 Å². The summed E-state index contributed by atoms with van der Waals surface area (Å²) in [4.78, 5) is 28.2. The number of aromatic nitrogens is 1. The first-order valence-electron chi connectivity index (χ1n) is 10.4. The van der Waals surface area contributed by atoms with Gasteiger partial charge >= 0.3 is 0 Å². The van der Waals surface area contributed by atoms with Gasteiger partial charge in [-0.2, -0.15) is 4.72 Å². The maximum atomic E-state index is 12.6. The number of nitrogens with one attached hydrogen (secondary N) is 3. The summed E-state index contributed by atoms with van der Waals surface area (Å²) in [7, 11) is -3.94. The molecule has 0 radical (unpaired) electrons. The monoisotopic (exact) mass is 494 g/mol. The molecule has 0 bridgehead atoms. The Morgan fingerprint density at radius 2 is 1.65 bits per heavy atom. The zero-order valence-corrected chi connectivity index (χ0v) is 20.0. The predicted molar refractivity (Wildman–Crippen MR) is 134 cm³/mol. The van der Waals surface area contributed by atoms with Gasteiger partial charge in [0.1, 0.15) is 0 Å². The van der Waals surface area contributed by atoms with Crippen molar-refractivity contribution in [2.75, 3.05) is 10.6 Å². The lowest BCUT2D eigenvalue weighted by molar-refractivity contribution is -0.117. The molecule has 8 nitrogen and oxygen atoms in total. The van der Waals surface area contributed by atoms with Crippen LogP contribution in [0.1, 0.15) is 13.8 Å². The van der Waals surface area contributed by atoms with Crippen molar-refractivity contribution in [1.29, 1.82) is 0 Å². The van der Waals surface area contributed by atoms with Crippen LogP contribution in [-0.2, 0) is 19.6 Å². The van der Waals surface area contributed by atoms with Crippen LogP contribution in [0.2, 0.25) is 0 Å². The molecule has 4 rings (SSSR count). The Balaban J connectivity index is 1.41. The molecule has 3 N–H and O–H groups in total. The van der Waals surface area contributed by atoms with Crippen LogP contribution in [0.3, 0.4) is 0 Å². The van der Waals surface area contributed by atoms with Gasteiger partial charge in [-0.05, 0) is 48.0 Å². The topological polar surface area (TPSA) is 117 Å². The minimum absolute atomic E-state index is 0.0194. The molecule has 174 valence electrons. The van der Waals surface area contributed by atoms with Crippen LogP contribution < -0.4 is 15.4 Å². The van der Waals surface area contributed by atoms with Crippen molar-refractivity contribution in [3.8, 4) is 11.3 Å². The van der Waals surface area contributed by atoms with Gasteiger partial charge in [0.25, 0.3) is 0 Å². The second kappa shape index (κ2) is 9.72. The maximum Gasteiger partial charge on any atom is 0.244 e. The number of anilines is 2. The van der Waals surface area contributed by atoms with Gasteiger partial charge in [0.05, 0.1) is 16.6 Å². The summed E-state index contributed by atoms with van der Waals surface area (Å²) in [6, 6.07) is 18.7. The number of nitrogens with zero attached hydrogens (tertiary/aromatic N) is 1. The first-order chi connectivity index (χ1) is 16.2. The van der Waals surface area contributed by atoms with E-state index in [4.69, 9.17) is 0 Å². The third-order valence-corrected chi connectivity index (χ3v) is 7.30. The van der Waals surface area contributed by atoms with Crippen LogP contribution in [0.5, 0.6) is 0 Å². The number of carbonyl (C=O) groups is 2. The molecule has 1 atom stereocenters. The van der Waals surface area contributed by atoms with E-state index in [0.717, 1.165) is 22.0 Å². The highest BCUT2D eigenvalue weighted by molar-refractivity contribution is 7.89. The number of hydrogen-bond donors (Lipinski definition) is 3. The largest absolute Gasteiger partial charge is 0.326 e. The van der Waals surface area contributed by atoms with E-state index in [2.05, 4.69) is 20.3 Å². The van der Waals surface area contributed by atoms with Crippen LogP contribution in [0.15, 0.2) is 77.0 Å². The number of carbonyl (C=O) groups excluding carboxylic acids is 2. The quantitative estimate of drug-likeness (QED) is 0.355. The Kier molecular flexibility index (Phi) is 6.73. The molecular weight excluding hydrogens is 472 g/mol. The van der Waals surface area contributed by atoms with Gasteiger partial charge in [0, 0.05) is 23.6 Å². The minimum atomic E-state index is -3.94. The summed E-state index contributed by atoms with van der Waals surface area (Å²) in [5.74, 6) is -0.789. The number of thiazole rings is 1. The Hall–Kier alpha value is -3.60. The summed E-state index contributed by atoms with van der Waals surface area (Å²) in [6.45, 7) is 2.82. The molecule has 0 fully saturated rings. The minimum Gasteiger partial charge on any atom is -0.326 e. The Morgan fingerprint density at radius 1 is 0.941 bits per heavy atom. The third kappa shape index (κ3) is 5.48. The summed E-state index contributed by atoms with van der Waals surface area (Å²) < 4.78 is 27.6. The van der Waals surface area contributed by atoms with Gasteiger partial charge < -0.3 is 10.6 Å². The number of amides is 2. The van der Waals surface area contributed by atoms with Crippen molar-refractivity contribution < 1.29 is 18.0 Å². The molecule has 0 aliphatic heterocycles. The normalized spacial score (nSPS) is 12.3. The van der Waals surface area contributed by atoms with E-state index in [1.807, 2.05) is 47.8 Å². The van der Waals surface area contributed by atoms with Gasteiger partial charge in [0.15, 0.2) is 5.13 Å². The van der Waals surface area contributed by atoms with E-state index < -0.39 is 22.0 Å². The van der Waals surface area contributed by atoms with Gasteiger partial charge in [-0.25, -0.2) is 13.4 Å². The van der Waals surface area contributed by atoms with Gasteiger partial charge in [-0.15, -0.1) is 11.3 Å². The number of hydrogen-bond acceptors (Lipinski definition) is 6. The molecule has 0 saturated carbocycles. The van der Waals surface area contributed by atoms with Gasteiger partial charge in [-0.1, -0.05) is 36.4 Å². The van der Waals surface area contributed by atoms with Crippen molar-refractivity contribution in [2.45, 2.75) is 24.8 Å². The lowest BCUT2D eigenvalue weighted by Crippen LogP contribution is -2.41. The lowest BCUT2D eigenvalue weighted by atomic mass is 10.1. The first kappa shape index (κ1) is 23.6. The van der Waals surface area contributed by atoms with E-state index in [1.165, 1.54) is 49.4 Å². The third-order valence-electron chi connectivity index (χ3n) is 4.99. The molecule has 4 aromatic rings. The molecule has 0 aliphatic rings. The Labute approximate surface area is 201 Å². The smallest absolute Gasteiger partial charge is 0.244 e. The van der Waals surface area contributed by atoms with E-state index in [1.54, 1.807) is 0 Å². The Bertz CT molecular complexity index is 1460. The van der Waals surface area contributed by atoms with E-state index in [-0.39, 0.29) is 10.8 Å².